The fourth-order valence-electron chi connectivity index (χ4n) is 1.66. The number of hydrogen-bond acceptors (Lipinski definition) is 0. The van der Waals surface area contributed by atoms with Crippen molar-refractivity contribution in [2.24, 2.45) is 11.3 Å². The Balaban J connectivity index is 2.38. The molecule has 0 aliphatic heterocycles. The first-order chi connectivity index (χ1) is 4.23. The van der Waals surface area contributed by atoms with E-state index in [9.17, 15) is 0 Å². The van der Waals surface area contributed by atoms with Crippen LogP contribution >= 0.6 is 0 Å². The third-order valence-electron chi connectivity index (χ3n) is 2.89. The van der Waals surface area contributed by atoms with Crippen molar-refractivity contribution in [1.82, 2.24) is 0 Å². The number of rotatable bonds is 0. The lowest BCUT2D eigenvalue weighted by Crippen LogP contribution is -2.00. The summed E-state index contributed by atoms with van der Waals surface area (Å²) in [4.78, 5) is 0. The van der Waals surface area contributed by atoms with Crippen molar-refractivity contribution in [3.8, 4) is 0 Å². The Morgan fingerprint density at radius 1 is 1.67 bits per heavy atom. The Hall–Kier alpha value is -0.520. The van der Waals surface area contributed by atoms with E-state index in [2.05, 4.69) is 32.1 Å². The van der Waals surface area contributed by atoms with Crippen LogP contribution in [0.4, 0.5) is 0 Å². The second kappa shape index (κ2) is 1.31. The van der Waals surface area contributed by atoms with Gasteiger partial charge in [0.25, 0.3) is 0 Å². The summed E-state index contributed by atoms with van der Waals surface area (Å²) in [6.45, 7) is 4.59. The average molecular weight is 120 g/mol. The molecule has 0 nitrogen and oxygen atoms in total. The maximum Gasteiger partial charge on any atom is -0.00470 e. The van der Waals surface area contributed by atoms with E-state index in [1.54, 1.807) is 5.57 Å². The van der Waals surface area contributed by atoms with Gasteiger partial charge in [0.15, 0.2) is 0 Å². The highest BCUT2D eigenvalue weighted by molar-refractivity contribution is 5.34. The summed E-state index contributed by atoms with van der Waals surface area (Å²) in [5.41, 5.74) is 2.14. The molecule has 0 heteroatoms. The second-order valence-electron chi connectivity index (χ2n) is 3.46. The van der Waals surface area contributed by atoms with Crippen LogP contribution in [0, 0.1) is 11.3 Å². The van der Waals surface area contributed by atoms with Crippen LogP contribution in [0.25, 0.3) is 0 Å². The van der Waals surface area contributed by atoms with E-state index in [-0.39, 0.29) is 0 Å². The molecule has 0 spiro atoms. The fraction of sp³-hybridized carbons (Fsp3) is 0.556. The average Bonchev–Trinajstić information content (AvgIpc) is 2.44. The Labute approximate surface area is 56.3 Å². The molecule has 2 unspecified atom stereocenters. The van der Waals surface area contributed by atoms with Crippen molar-refractivity contribution >= 4 is 0 Å². The Morgan fingerprint density at radius 2 is 2.44 bits per heavy atom. The van der Waals surface area contributed by atoms with Crippen molar-refractivity contribution in [1.29, 1.82) is 0 Å². The maximum atomic E-state index is 2.35. The standard InChI is InChI=1S/C9H12/c1-7-4-3-5-8-6-9(7,8)2/h3-5,8H,6H2,1-2H3. The quantitative estimate of drug-likeness (QED) is 0.461. The molecule has 0 aromatic rings. The Morgan fingerprint density at radius 3 is 3.00 bits per heavy atom. The Bertz CT molecular complexity index is 198. The molecular weight excluding hydrogens is 108 g/mol. The summed E-state index contributed by atoms with van der Waals surface area (Å²) in [6.07, 6.45) is 8.14. The van der Waals surface area contributed by atoms with Crippen molar-refractivity contribution in [3.63, 3.8) is 0 Å². The minimum atomic E-state index is 0.578. The summed E-state index contributed by atoms with van der Waals surface area (Å²) in [6, 6.07) is 0. The Kier molecular flexibility index (Phi) is 0.769. The molecule has 0 radical (unpaired) electrons. The molecule has 0 aromatic heterocycles. The van der Waals surface area contributed by atoms with Crippen molar-refractivity contribution in [2.75, 3.05) is 0 Å². The van der Waals surface area contributed by atoms with Gasteiger partial charge in [-0.05, 0) is 24.7 Å². The molecule has 2 rings (SSSR count). The SMILES string of the molecule is CC1=CC=CC2CC12C. The number of fused-ring (bicyclic) bond motifs is 1. The van der Waals surface area contributed by atoms with Crippen LogP contribution in [-0.2, 0) is 0 Å². The normalized spacial score (nSPS) is 46.0. The van der Waals surface area contributed by atoms with E-state index in [1.807, 2.05) is 0 Å². The highest BCUT2D eigenvalue weighted by Gasteiger charge is 2.50. The molecule has 0 aromatic carbocycles. The number of allylic oxidation sites excluding steroid dienone is 4. The zero-order valence-electron chi connectivity index (χ0n) is 6.02. The van der Waals surface area contributed by atoms with Crippen LogP contribution in [0.1, 0.15) is 20.3 Å². The minimum Gasteiger partial charge on any atom is -0.0805 e. The molecule has 2 aliphatic carbocycles. The van der Waals surface area contributed by atoms with Gasteiger partial charge in [0, 0.05) is 0 Å². The van der Waals surface area contributed by atoms with Gasteiger partial charge >= 0.3 is 0 Å². The van der Waals surface area contributed by atoms with Gasteiger partial charge in [0.2, 0.25) is 0 Å². The molecule has 2 atom stereocenters. The van der Waals surface area contributed by atoms with E-state index in [0.717, 1.165) is 5.92 Å². The van der Waals surface area contributed by atoms with Crippen LogP contribution in [0.15, 0.2) is 23.8 Å². The van der Waals surface area contributed by atoms with E-state index in [1.165, 1.54) is 6.42 Å². The van der Waals surface area contributed by atoms with Crippen molar-refractivity contribution in [3.05, 3.63) is 23.8 Å². The molecule has 2 aliphatic rings. The van der Waals surface area contributed by atoms with Crippen LogP contribution in [0.2, 0.25) is 0 Å². The molecule has 48 valence electrons. The summed E-state index contributed by atoms with van der Waals surface area (Å²) in [5.74, 6) is 0.877. The molecular formula is C9H12. The van der Waals surface area contributed by atoms with E-state index < -0.39 is 0 Å². The third kappa shape index (κ3) is 0.536. The first-order valence-electron chi connectivity index (χ1n) is 3.59. The zero-order chi connectivity index (χ0) is 6.48. The molecule has 0 bridgehead atoms. The molecule has 0 N–H and O–H groups in total. The zero-order valence-corrected chi connectivity index (χ0v) is 6.02. The first-order valence-corrected chi connectivity index (χ1v) is 3.59. The van der Waals surface area contributed by atoms with Gasteiger partial charge < -0.3 is 0 Å². The maximum absolute atomic E-state index is 2.35. The summed E-state index contributed by atoms with van der Waals surface area (Å²) in [5, 5.41) is 0. The number of hydrogen-bond donors (Lipinski definition) is 0. The highest BCUT2D eigenvalue weighted by Crippen LogP contribution is 2.59. The lowest BCUT2D eigenvalue weighted by atomic mass is 9.93. The van der Waals surface area contributed by atoms with Crippen LogP contribution in [0.3, 0.4) is 0 Å². The van der Waals surface area contributed by atoms with Gasteiger partial charge in [-0.3, -0.25) is 0 Å². The molecule has 0 saturated heterocycles. The van der Waals surface area contributed by atoms with Gasteiger partial charge in [0.05, 0.1) is 0 Å². The van der Waals surface area contributed by atoms with Crippen LogP contribution in [0.5, 0.6) is 0 Å². The van der Waals surface area contributed by atoms with E-state index in [0.29, 0.717) is 5.41 Å². The lowest BCUT2D eigenvalue weighted by Gasteiger charge is -2.12. The minimum absolute atomic E-state index is 0.578. The fourth-order valence-corrected chi connectivity index (χ4v) is 1.66. The predicted molar refractivity (Wildman–Crippen MR) is 39.1 cm³/mol. The smallest absolute Gasteiger partial charge is 0.00470 e. The lowest BCUT2D eigenvalue weighted by molar-refractivity contribution is 0.639. The molecule has 0 amide bonds. The predicted octanol–water partition coefficient (Wildman–Crippen LogP) is 2.53. The van der Waals surface area contributed by atoms with Crippen molar-refractivity contribution in [2.45, 2.75) is 20.3 Å². The molecule has 1 saturated carbocycles. The topological polar surface area (TPSA) is 0 Å². The van der Waals surface area contributed by atoms with Crippen LogP contribution in [-0.4, -0.2) is 0 Å². The summed E-state index contributed by atoms with van der Waals surface area (Å²) >= 11 is 0. The van der Waals surface area contributed by atoms with Gasteiger partial charge in [-0.2, -0.15) is 0 Å². The largest absolute Gasteiger partial charge is 0.0805 e. The second-order valence-corrected chi connectivity index (χ2v) is 3.46. The monoisotopic (exact) mass is 120 g/mol. The van der Waals surface area contributed by atoms with E-state index in [4.69, 9.17) is 0 Å². The van der Waals surface area contributed by atoms with Crippen LogP contribution < -0.4 is 0 Å². The van der Waals surface area contributed by atoms with Gasteiger partial charge in [0.1, 0.15) is 0 Å². The van der Waals surface area contributed by atoms with Gasteiger partial charge in [-0.15, -0.1) is 0 Å². The summed E-state index contributed by atoms with van der Waals surface area (Å²) < 4.78 is 0. The third-order valence-corrected chi connectivity index (χ3v) is 2.89. The van der Waals surface area contributed by atoms with Crippen molar-refractivity contribution < 1.29 is 0 Å². The first kappa shape index (κ1) is 5.28. The summed E-state index contributed by atoms with van der Waals surface area (Å²) in [7, 11) is 0. The highest BCUT2D eigenvalue weighted by atomic mass is 14.5. The molecule has 0 heterocycles. The molecule has 9 heavy (non-hydrogen) atoms. The van der Waals surface area contributed by atoms with E-state index >= 15 is 0 Å². The van der Waals surface area contributed by atoms with Gasteiger partial charge in [-0.1, -0.05) is 30.7 Å². The molecule has 1 fully saturated rings. The van der Waals surface area contributed by atoms with Gasteiger partial charge in [-0.25, -0.2) is 0 Å².